The number of halogens is 1. The highest BCUT2D eigenvalue weighted by atomic mass is 35.5. The van der Waals surface area contributed by atoms with Gasteiger partial charge in [0.1, 0.15) is 0 Å². The highest BCUT2D eigenvalue weighted by Crippen LogP contribution is 2.11. The van der Waals surface area contributed by atoms with E-state index in [4.69, 9.17) is 4.74 Å². The highest BCUT2D eigenvalue weighted by molar-refractivity contribution is 5.85. The van der Waals surface area contributed by atoms with Crippen LogP contribution in [-0.4, -0.2) is 75.1 Å². The number of nitrogens with one attached hydrogen (secondary N) is 1. The molecule has 1 heterocycles. The first-order valence-electron chi connectivity index (χ1n) is 7.25. The van der Waals surface area contributed by atoms with Gasteiger partial charge in [0.2, 0.25) is 11.8 Å². The Morgan fingerprint density at radius 3 is 2.52 bits per heavy atom. The molecule has 0 aromatic carbocycles. The van der Waals surface area contributed by atoms with Crippen LogP contribution in [0, 0.1) is 0 Å². The monoisotopic (exact) mass is 321 g/mol. The van der Waals surface area contributed by atoms with Crippen LogP contribution in [0.1, 0.15) is 25.7 Å². The minimum atomic E-state index is -0.0616. The Hall–Kier alpha value is -0.850. The van der Waals surface area contributed by atoms with Crippen molar-refractivity contribution in [2.45, 2.75) is 31.7 Å². The fourth-order valence-electron chi connectivity index (χ4n) is 2.26. The molecule has 124 valence electrons. The van der Waals surface area contributed by atoms with Gasteiger partial charge in [-0.25, -0.2) is 0 Å². The van der Waals surface area contributed by atoms with Gasteiger partial charge in [0, 0.05) is 40.2 Å². The van der Waals surface area contributed by atoms with Gasteiger partial charge in [0.25, 0.3) is 0 Å². The summed E-state index contributed by atoms with van der Waals surface area (Å²) >= 11 is 0. The lowest BCUT2D eigenvalue weighted by Crippen LogP contribution is -2.42. The Kier molecular flexibility index (Phi) is 10.4. The number of hydrogen-bond acceptors (Lipinski definition) is 4. The summed E-state index contributed by atoms with van der Waals surface area (Å²) < 4.78 is 5.01. The highest BCUT2D eigenvalue weighted by Gasteiger charge is 2.20. The van der Waals surface area contributed by atoms with Crippen molar-refractivity contribution in [3.63, 3.8) is 0 Å². The first-order valence-corrected chi connectivity index (χ1v) is 7.25. The minimum Gasteiger partial charge on any atom is -0.383 e. The summed E-state index contributed by atoms with van der Waals surface area (Å²) in [5.41, 5.74) is 0. The maximum absolute atomic E-state index is 12.2. The standard InChI is InChI=1S/C14H27N3O3.ClH/c1-16(2)14(19)11-17(9-10-20-3)13(18)7-6-12-5-4-8-15-12;/h12,15H,4-11H2,1-3H3;1H. The van der Waals surface area contributed by atoms with E-state index in [0.29, 0.717) is 25.6 Å². The molecular weight excluding hydrogens is 294 g/mol. The molecule has 1 fully saturated rings. The maximum Gasteiger partial charge on any atom is 0.241 e. The predicted molar refractivity (Wildman–Crippen MR) is 84.7 cm³/mol. The van der Waals surface area contributed by atoms with Crippen LogP contribution in [0.5, 0.6) is 0 Å². The zero-order valence-corrected chi connectivity index (χ0v) is 14.1. The zero-order valence-electron chi connectivity index (χ0n) is 13.3. The van der Waals surface area contributed by atoms with Crippen molar-refractivity contribution in [3.05, 3.63) is 0 Å². The van der Waals surface area contributed by atoms with E-state index in [1.165, 1.54) is 11.3 Å². The Morgan fingerprint density at radius 2 is 2.00 bits per heavy atom. The van der Waals surface area contributed by atoms with Gasteiger partial charge in [-0.2, -0.15) is 0 Å². The topological polar surface area (TPSA) is 61.9 Å². The van der Waals surface area contributed by atoms with Crippen LogP contribution < -0.4 is 5.32 Å². The summed E-state index contributed by atoms with van der Waals surface area (Å²) in [7, 11) is 4.99. The Morgan fingerprint density at radius 1 is 1.29 bits per heavy atom. The van der Waals surface area contributed by atoms with E-state index in [9.17, 15) is 9.59 Å². The van der Waals surface area contributed by atoms with Crippen molar-refractivity contribution in [3.8, 4) is 0 Å². The average molecular weight is 322 g/mol. The molecule has 1 aliphatic heterocycles. The van der Waals surface area contributed by atoms with E-state index in [0.717, 1.165) is 19.4 Å². The second-order valence-electron chi connectivity index (χ2n) is 5.43. The molecule has 7 heteroatoms. The number of rotatable bonds is 8. The van der Waals surface area contributed by atoms with Crippen molar-refractivity contribution in [1.29, 1.82) is 0 Å². The lowest BCUT2D eigenvalue weighted by atomic mass is 10.1. The predicted octanol–water partition coefficient (Wildman–Crippen LogP) is 0.504. The summed E-state index contributed by atoms with van der Waals surface area (Å²) in [5.74, 6) is -0.0283. The number of ether oxygens (including phenoxy) is 1. The summed E-state index contributed by atoms with van der Waals surface area (Å²) in [6.07, 6.45) is 3.66. The number of carbonyl (C=O) groups excluding carboxylic acids is 2. The average Bonchev–Trinajstić information content (AvgIpc) is 2.93. The number of nitrogens with zero attached hydrogens (tertiary/aromatic N) is 2. The van der Waals surface area contributed by atoms with Crippen molar-refractivity contribution in [2.24, 2.45) is 0 Å². The lowest BCUT2D eigenvalue weighted by molar-refractivity contribution is -0.139. The van der Waals surface area contributed by atoms with E-state index in [1.807, 2.05) is 0 Å². The van der Waals surface area contributed by atoms with Crippen LogP contribution in [0.25, 0.3) is 0 Å². The molecule has 0 aliphatic carbocycles. The number of likely N-dealkylation sites (N-methyl/N-ethyl adjacent to an activating group) is 1. The van der Waals surface area contributed by atoms with Gasteiger partial charge in [0.15, 0.2) is 0 Å². The lowest BCUT2D eigenvalue weighted by Gasteiger charge is -2.24. The Balaban J connectivity index is 0.00000400. The van der Waals surface area contributed by atoms with Crippen molar-refractivity contribution in [1.82, 2.24) is 15.1 Å². The molecular formula is C14H28ClN3O3. The molecule has 0 aromatic heterocycles. The molecule has 2 amide bonds. The van der Waals surface area contributed by atoms with Crippen molar-refractivity contribution >= 4 is 24.2 Å². The van der Waals surface area contributed by atoms with Crippen molar-refractivity contribution < 1.29 is 14.3 Å². The molecule has 0 saturated carbocycles. The molecule has 0 radical (unpaired) electrons. The molecule has 6 nitrogen and oxygen atoms in total. The first-order chi connectivity index (χ1) is 9.54. The Bertz CT molecular complexity index is 321. The third-order valence-corrected chi connectivity index (χ3v) is 3.61. The van der Waals surface area contributed by atoms with E-state index in [2.05, 4.69) is 5.32 Å². The molecule has 0 aromatic rings. The van der Waals surface area contributed by atoms with Gasteiger partial charge in [0.05, 0.1) is 13.2 Å². The first kappa shape index (κ1) is 20.1. The zero-order chi connectivity index (χ0) is 15.0. The van der Waals surface area contributed by atoms with Crippen LogP contribution in [0.3, 0.4) is 0 Å². The summed E-state index contributed by atoms with van der Waals surface area (Å²) in [6, 6.07) is 0.452. The van der Waals surface area contributed by atoms with Crippen LogP contribution in [0.4, 0.5) is 0 Å². The summed E-state index contributed by atoms with van der Waals surface area (Å²) in [5, 5.41) is 3.38. The number of carbonyl (C=O) groups is 2. The van der Waals surface area contributed by atoms with Gasteiger partial charge in [-0.3, -0.25) is 9.59 Å². The van der Waals surface area contributed by atoms with Crippen LogP contribution in [-0.2, 0) is 14.3 Å². The molecule has 1 aliphatic rings. The minimum absolute atomic E-state index is 0. The van der Waals surface area contributed by atoms with Gasteiger partial charge in [-0.05, 0) is 25.8 Å². The second kappa shape index (κ2) is 10.8. The summed E-state index contributed by atoms with van der Waals surface area (Å²) in [6.45, 7) is 2.10. The normalized spacial score (nSPS) is 17.2. The fraction of sp³-hybridized carbons (Fsp3) is 0.857. The molecule has 21 heavy (non-hydrogen) atoms. The molecule has 0 spiro atoms. The fourth-order valence-corrected chi connectivity index (χ4v) is 2.26. The van der Waals surface area contributed by atoms with E-state index in [1.54, 1.807) is 26.1 Å². The Labute approximate surface area is 133 Å². The number of hydrogen-bond donors (Lipinski definition) is 1. The van der Waals surface area contributed by atoms with Crippen LogP contribution >= 0.6 is 12.4 Å². The largest absolute Gasteiger partial charge is 0.383 e. The molecule has 1 saturated heterocycles. The third kappa shape index (κ3) is 7.64. The second-order valence-corrected chi connectivity index (χ2v) is 5.43. The van der Waals surface area contributed by atoms with Gasteiger partial charge in [-0.15, -0.1) is 12.4 Å². The van der Waals surface area contributed by atoms with E-state index >= 15 is 0 Å². The molecule has 0 bridgehead atoms. The van der Waals surface area contributed by atoms with Gasteiger partial charge in [-0.1, -0.05) is 0 Å². The smallest absolute Gasteiger partial charge is 0.241 e. The number of amides is 2. The maximum atomic E-state index is 12.2. The van der Waals surface area contributed by atoms with Crippen LogP contribution in [0.15, 0.2) is 0 Å². The molecule has 1 rings (SSSR count). The van der Waals surface area contributed by atoms with Gasteiger partial charge < -0.3 is 19.9 Å². The SMILES string of the molecule is COCCN(CC(=O)N(C)C)C(=O)CCC1CCCN1.Cl. The molecule has 1 unspecified atom stereocenters. The molecule has 1 N–H and O–H groups in total. The van der Waals surface area contributed by atoms with Gasteiger partial charge >= 0.3 is 0 Å². The van der Waals surface area contributed by atoms with E-state index in [-0.39, 0.29) is 30.8 Å². The quantitative estimate of drug-likeness (QED) is 0.707. The van der Waals surface area contributed by atoms with Crippen LogP contribution in [0.2, 0.25) is 0 Å². The third-order valence-electron chi connectivity index (χ3n) is 3.61. The number of methoxy groups -OCH3 is 1. The van der Waals surface area contributed by atoms with Crippen molar-refractivity contribution in [2.75, 3.05) is 47.4 Å². The summed E-state index contributed by atoms with van der Waals surface area (Å²) in [4.78, 5) is 27.1. The molecule has 1 atom stereocenters. The van der Waals surface area contributed by atoms with E-state index < -0.39 is 0 Å².